The van der Waals surface area contributed by atoms with Crippen LogP contribution in [-0.2, 0) is 6.42 Å². The predicted octanol–water partition coefficient (Wildman–Crippen LogP) is 3.25. The summed E-state index contributed by atoms with van der Waals surface area (Å²) in [4.78, 5) is 53.1. The van der Waals surface area contributed by atoms with E-state index in [1.807, 2.05) is 19.1 Å². The number of anilines is 1. The van der Waals surface area contributed by atoms with Gasteiger partial charge in [0.1, 0.15) is 17.1 Å². The molecule has 10 heteroatoms. The second kappa shape index (κ2) is 9.36. The summed E-state index contributed by atoms with van der Waals surface area (Å²) in [5.41, 5.74) is 2.50. The number of furan rings is 1. The molecule has 3 N–H and O–H groups in total. The van der Waals surface area contributed by atoms with Gasteiger partial charge in [-0.3, -0.25) is 19.3 Å². The molecule has 190 valence electrons. The summed E-state index contributed by atoms with van der Waals surface area (Å²) in [6.07, 6.45) is 6.18. The first-order valence-electron chi connectivity index (χ1n) is 12.6. The van der Waals surface area contributed by atoms with Gasteiger partial charge in [0, 0.05) is 31.7 Å². The summed E-state index contributed by atoms with van der Waals surface area (Å²) < 4.78 is 5.44. The van der Waals surface area contributed by atoms with E-state index >= 15 is 0 Å². The molecule has 0 aliphatic carbocycles. The van der Waals surface area contributed by atoms with E-state index in [1.165, 1.54) is 4.90 Å². The fourth-order valence-electron chi connectivity index (χ4n) is 5.24. The van der Waals surface area contributed by atoms with E-state index in [9.17, 15) is 14.4 Å². The third kappa shape index (κ3) is 4.33. The van der Waals surface area contributed by atoms with Gasteiger partial charge in [-0.25, -0.2) is 4.98 Å². The lowest BCUT2D eigenvalue weighted by molar-refractivity contribution is 0.0640. The highest BCUT2D eigenvalue weighted by atomic mass is 16.3. The fraction of sp³-hybridized carbons (Fsp3) is 0.333. The van der Waals surface area contributed by atoms with Crippen molar-refractivity contribution < 1.29 is 14.0 Å². The van der Waals surface area contributed by atoms with E-state index in [1.54, 1.807) is 30.7 Å². The highest BCUT2D eigenvalue weighted by molar-refractivity contribution is 6.22. The Kier molecular flexibility index (Phi) is 5.88. The molecule has 0 bridgehead atoms. The van der Waals surface area contributed by atoms with Gasteiger partial charge in [0.05, 0.1) is 34.1 Å². The van der Waals surface area contributed by atoms with Crippen molar-refractivity contribution in [2.75, 3.05) is 31.5 Å². The van der Waals surface area contributed by atoms with Gasteiger partial charge >= 0.3 is 0 Å². The van der Waals surface area contributed by atoms with Gasteiger partial charge in [-0.05, 0) is 63.2 Å². The molecule has 1 atom stereocenters. The van der Waals surface area contributed by atoms with Crippen molar-refractivity contribution in [2.45, 2.75) is 32.2 Å². The van der Waals surface area contributed by atoms with Crippen molar-refractivity contribution in [1.29, 1.82) is 0 Å². The SMILES string of the molecule is C[C@@H](Cc1ccco1)Nc1cc[nH]c(=O)c1-c1nc2cc3c(cc2[nH]1)C(=O)N(CCN1CCCC1)C3=O. The summed E-state index contributed by atoms with van der Waals surface area (Å²) in [5, 5.41) is 3.38. The number of aromatic amines is 2. The molecule has 0 saturated carbocycles. The van der Waals surface area contributed by atoms with Crippen molar-refractivity contribution in [2.24, 2.45) is 0 Å². The number of hydrogen-bond acceptors (Lipinski definition) is 7. The normalized spacial score (nSPS) is 16.6. The lowest BCUT2D eigenvalue weighted by Gasteiger charge is -2.19. The molecule has 3 aromatic heterocycles. The first kappa shape index (κ1) is 23.2. The quantitative estimate of drug-likeness (QED) is 0.317. The largest absolute Gasteiger partial charge is 0.469 e. The molecule has 1 fully saturated rings. The molecule has 0 unspecified atom stereocenters. The highest BCUT2D eigenvalue weighted by Gasteiger charge is 2.36. The van der Waals surface area contributed by atoms with Crippen molar-refractivity contribution in [3.63, 3.8) is 0 Å². The second-order valence-corrected chi connectivity index (χ2v) is 9.74. The number of carbonyl (C=O) groups is 2. The van der Waals surface area contributed by atoms with Crippen LogP contribution in [-0.4, -0.2) is 68.8 Å². The zero-order valence-corrected chi connectivity index (χ0v) is 20.5. The van der Waals surface area contributed by atoms with E-state index in [4.69, 9.17) is 4.42 Å². The van der Waals surface area contributed by atoms with Gasteiger partial charge in [-0.1, -0.05) is 0 Å². The van der Waals surface area contributed by atoms with Gasteiger partial charge < -0.3 is 24.6 Å². The fourth-order valence-corrected chi connectivity index (χ4v) is 5.24. The topological polar surface area (TPSA) is 127 Å². The van der Waals surface area contributed by atoms with Gasteiger partial charge in [-0.2, -0.15) is 0 Å². The van der Waals surface area contributed by atoms with Crippen LogP contribution >= 0.6 is 0 Å². The first-order valence-corrected chi connectivity index (χ1v) is 12.6. The van der Waals surface area contributed by atoms with Crippen molar-refractivity contribution in [3.05, 3.63) is 70.0 Å². The Labute approximate surface area is 212 Å². The number of carbonyl (C=O) groups excluding carboxylic acids is 2. The van der Waals surface area contributed by atoms with Crippen LogP contribution in [0, 0.1) is 0 Å². The third-order valence-corrected chi connectivity index (χ3v) is 7.10. The lowest BCUT2D eigenvalue weighted by atomic mass is 10.1. The maximum absolute atomic E-state index is 13.1. The molecule has 2 amide bonds. The van der Waals surface area contributed by atoms with Crippen LogP contribution in [0.25, 0.3) is 22.4 Å². The van der Waals surface area contributed by atoms with E-state index in [0.29, 0.717) is 58.7 Å². The summed E-state index contributed by atoms with van der Waals surface area (Å²) in [6, 6.07) is 8.83. The molecule has 6 rings (SSSR count). The predicted molar refractivity (Wildman–Crippen MR) is 139 cm³/mol. The van der Waals surface area contributed by atoms with Crippen LogP contribution in [0.4, 0.5) is 5.69 Å². The van der Waals surface area contributed by atoms with E-state index in [2.05, 4.69) is 25.2 Å². The molecule has 37 heavy (non-hydrogen) atoms. The highest BCUT2D eigenvalue weighted by Crippen LogP contribution is 2.30. The Morgan fingerprint density at radius 2 is 1.86 bits per heavy atom. The maximum atomic E-state index is 13.1. The number of likely N-dealkylation sites (tertiary alicyclic amines) is 1. The van der Waals surface area contributed by atoms with Crippen molar-refractivity contribution in [1.82, 2.24) is 24.8 Å². The summed E-state index contributed by atoms with van der Waals surface area (Å²) >= 11 is 0. The Bertz CT molecular complexity index is 1480. The number of imidazole rings is 1. The number of amides is 2. The monoisotopic (exact) mass is 500 g/mol. The summed E-state index contributed by atoms with van der Waals surface area (Å²) in [5.74, 6) is 0.619. The lowest BCUT2D eigenvalue weighted by Crippen LogP contribution is -2.37. The van der Waals surface area contributed by atoms with Gasteiger partial charge in [0.15, 0.2) is 0 Å². The molecular weight excluding hydrogens is 472 g/mol. The van der Waals surface area contributed by atoms with Crippen LogP contribution in [0.15, 0.2) is 52.0 Å². The molecule has 4 aromatic rings. The van der Waals surface area contributed by atoms with E-state index in [0.717, 1.165) is 31.7 Å². The number of imide groups is 1. The number of fused-ring (bicyclic) bond motifs is 2. The molecule has 0 spiro atoms. The first-order chi connectivity index (χ1) is 18.0. The Morgan fingerprint density at radius 1 is 1.08 bits per heavy atom. The van der Waals surface area contributed by atoms with Crippen LogP contribution < -0.4 is 10.9 Å². The van der Waals surface area contributed by atoms with Gasteiger partial charge in [-0.15, -0.1) is 0 Å². The second-order valence-electron chi connectivity index (χ2n) is 9.74. The number of aromatic nitrogens is 3. The van der Waals surface area contributed by atoms with Gasteiger partial charge in [0.25, 0.3) is 17.4 Å². The zero-order chi connectivity index (χ0) is 25.5. The molecule has 10 nitrogen and oxygen atoms in total. The van der Waals surface area contributed by atoms with Crippen LogP contribution in [0.5, 0.6) is 0 Å². The van der Waals surface area contributed by atoms with Gasteiger partial charge in [0.2, 0.25) is 0 Å². The third-order valence-electron chi connectivity index (χ3n) is 7.10. The number of benzene rings is 1. The summed E-state index contributed by atoms with van der Waals surface area (Å²) in [7, 11) is 0. The van der Waals surface area contributed by atoms with Crippen LogP contribution in [0.2, 0.25) is 0 Å². The number of pyridine rings is 1. The number of H-pyrrole nitrogens is 2. The summed E-state index contributed by atoms with van der Waals surface area (Å²) in [6.45, 7) is 5.09. The average molecular weight is 501 g/mol. The van der Waals surface area contributed by atoms with Crippen molar-refractivity contribution >= 4 is 28.5 Å². The minimum Gasteiger partial charge on any atom is -0.469 e. The number of nitrogens with zero attached hydrogens (tertiary/aromatic N) is 3. The molecular formula is C27H28N6O4. The number of hydrogen-bond donors (Lipinski definition) is 3. The molecule has 0 radical (unpaired) electrons. The Balaban J connectivity index is 1.28. The van der Waals surface area contributed by atoms with Crippen LogP contribution in [0.1, 0.15) is 46.2 Å². The number of nitrogens with one attached hydrogen (secondary N) is 3. The molecule has 1 aromatic carbocycles. The zero-order valence-electron chi connectivity index (χ0n) is 20.5. The Hall–Kier alpha value is -4.18. The maximum Gasteiger partial charge on any atom is 0.261 e. The van der Waals surface area contributed by atoms with E-state index < -0.39 is 0 Å². The molecule has 1 saturated heterocycles. The molecule has 2 aliphatic heterocycles. The smallest absolute Gasteiger partial charge is 0.261 e. The Morgan fingerprint density at radius 3 is 2.62 bits per heavy atom. The van der Waals surface area contributed by atoms with E-state index in [-0.39, 0.29) is 23.4 Å². The van der Waals surface area contributed by atoms with Crippen molar-refractivity contribution in [3.8, 4) is 11.4 Å². The minimum absolute atomic E-state index is 0.0123. The minimum atomic E-state index is -0.304. The average Bonchev–Trinajstić information content (AvgIpc) is 3.67. The molecule has 2 aliphatic rings. The standard InChI is InChI=1S/C27H28N6O4/c1-16(13-17-5-4-12-37-17)29-20-6-7-28-25(34)23(20)24-30-21-14-18-19(15-22(21)31-24)27(36)33(26(18)35)11-10-32-8-2-3-9-32/h4-7,12,14-16H,2-3,8-11,13H2,1H3,(H,30,31)(H2,28,29,34)/t16-/m0/s1. The number of rotatable bonds is 8. The molecule has 5 heterocycles. The van der Waals surface area contributed by atoms with Crippen LogP contribution in [0.3, 0.4) is 0 Å².